The maximum absolute atomic E-state index is 12.6. The zero-order chi connectivity index (χ0) is 20.3. The van der Waals surface area contributed by atoms with Crippen LogP contribution in [0.2, 0.25) is 0 Å². The monoisotopic (exact) mass is 384 g/mol. The van der Waals surface area contributed by atoms with Gasteiger partial charge in [-0.25, -0.2) is 0 Å². The molecule has 0 unspecified atom stereocenters. The second-order valence-electron chi connectivity index (χ2n) is 10.5. The molecular formula is C25H36O3. The molecule has 3 aliphatic carbocycles. The van der Waals surface area contributed by atoms with Gasteiger partial charge in [0.25, 0.3) is 0 Å². The number of allylic oxidation sites excluding steroid dienone is 4. The van der Waals surface area contributed by atoms with E-state index in [4.69, 9.17) is 4.74 Å². The molecule has 4 aliphatic rings. The number of hydrogen-bond acceptors (Lipinski definition) is 3. The largest absolute Gasteiger partial charge is 0.392 e. The van der Waals surface area contributed by atoms with Crippen molar-refractivity contribution >= 4 is 5.78 Å². The first-order valence-electron chi connectivity index (χ1n) is 11.0. The van der Waals surface area contributed by atoms with E-state index in [-0.39, 0.29) is 41.3 Å². The smallest absolute Gasteiger partial charge is 0.163 e. The highest BCUT2D eigenvalue weighted by Gasteiger charge is 2.61. The number of ether oxygens (including phenoxy) is 1. The van der Waals surface area contributed by atoms with Gasteiger partial charge in [-0.3, -0.25) is 4.79 Å². The Kier molecular flexibility index (Phi) is 4.99. The number of carbonyl (C=O) groups is 1. The van der Waals surface area contributed by atoms with Gasteiger partial charge < -0.3 is 9.84 Å². The molecule has 28 heavy (non-hydrogen) atoms. The van der Waals surface area contributed by atoms with Crippen molar-refractivity contribution in [2.45, 2.75) is 78.4 Å². The van der Waals surface area contributed by atoms with Crippen LogP contribution in [0.25, 0.3) is 0 Å². The van der Waals surface area contributed by atoms with Crippen LogP contribution in [0.4, 0.5) is 0 Å². The normalized spacial score (nSPS) is 47.1. The molecule has 1 aliphatic heterocycles. The lowest BCUT2D eigenvalue weighted by Crippen LogP contribution is -2.44. The molecule has 7 atom stereocenters. The Morgan fingerprint density at radius 3 is 2.79 bits per heavy atom. The van der Waals surface area contributed by atoms with Crippen LogP contribution in [-0.2, 0) is 9.53 Å². The van der Waals surface area contributed by atoms with Crippen LogP contribution in [0.1, 0.15) is 66.7 Å². The number of ketones is 1. The van der Waals surface area contributed by atoms with E-state index in [9.17, 15) is 9.90 Å². The van der Waals surface area contributed by atoms with Crippen LogP contribution in [0, 0.1) is 29.1 Å². The first-order chi connectivity index (χ1) is 13.2. The summed E-state index contributed by atoms with van der Waals surface area (Å²) >= 11 is 0. The molecule has 1 N–H and O–H groups in total. The summed E-state index contributed by atoms with van der Waals surface area (Å²) in [6, 6.07) is 0. The van der Waals surface area contributed by atoms with Gasteiger partial charge in [0.05, 0.1) is 18.3 Å². The predicted molar refractivity (Wildman–Crippen MR) is 112 cm³/mol. The Morgan fingerprint density at radius 1 is 1.36 bits per heavy atom. The Bertz CT molecular complexity index is 756. The Hall–Kier alpha value is -1.19. The Morgan fingerprint density at radius 2 is 2.11 bits per heavy atom. The van der Waals surface area contributed by atoms with E-state index in [1.165, 1.54) is 11.1 Å². The van der Waals surface area contributed by atoms with E-state index in [0.29, 0.717) is 11.8 Å². The molecule has 154 valence electrons. The molecule has 0 aromatic carbocycles. The van der Waals surface area contributed by atoms with Crippen LogP contribution in [0.15, 0.2) is 34.9 Å². The van der Waals surface area contributed by atoms with Crippen molar-refractivity contribution in [2.24, 2.45) is 29.1 Å². The van der Waals surface area contributed by atoms with E-state index in [1.807, 2.05) is 0 Å². The molecule has 1 heterocycles. The van der Waals surface area contributed by atoms with Gasteiger partial charge in [-0.15, -0.1) is 0 Å². The molecule has 1 saturated heterocycles. The molecule has 1 spiro atoms. The zero-order valence-corrected chi connectivity index (χ0v) is 18.1. The molecule has 0 radical (unpaired) electrons. The fourth-order valence-corrected chi connectivity index (χ4v) is 7.02. The zero-order valence-electron chi connectivity index (χ0n) is 18.1. The average Bonchev–Trinajstić information content (AvgIpc) is 3.17. The van der Waals surface area contributed by atoms with E-state index in [2.05, 4.69) is 46.8 Å². The summed E-state index contributed by atoms with van der Waals surface area (Å²) in [6.07, 6.45) is 11.9. The maximum atomic E-state index is 12.6. The molecule has 2 fully saturated rings. The van der Waals surface area contributed by atoms with Gasteiger partial charge in [0, 0.05) is 5.92 Å². The number of carbonyl (C=O) groups excluding carboxylic acids is 1. The van der Waals surface area contributed by atoms with E-state index in [0.717, 1.165) is 37.7 Å². The van der Waals surface area contributed by atoms with Gasteiger partial charge in [0.2, 0.25) is 0 Å². The van der Waals surface area contributed by atoms with Gasteiger partial charge in [-0.1, -0.05) is 37.1 Å². The maximum Gasteiger partial charge on any atom is 0.163 e. The van der Waals surface area contributed by atoms with Crippen molar-refractivity contribution in [3.05, 3.63) is 34.9 Å². The second kappa shape index (κ2) is 6.95. The van der Waals surface area contributed by atoms with Gasteiger partial charge >= 0.3 is 0 Å². The number of aliphatic hydroxyl groups excluding tert-OH is 1. The van der Waals surface area contributed by atoms with Crippen molar-refractivity contribution in [1.82, 2.24) is 0 Å². The van der Waals surface area contributed by atoms with Crippen molar-refractivity contribution in [1.29, 1.82) is 0 Å². The topological polar surface area (TPSA) is 46.5 Å². The van der Waals surface area contributed by atoms with Gasteiger partial charge in [0.15, 0.2) is 5.78 Å². The SMILES string of the molecule is CC(C)=C[C@H]1C[C@H](C)[C@]2(CC[C@]3(C)C[C@@H]4C(CO)=CC(=O)[C@H]4/C(C)=C\C[C@H]32)O1. The minimum Gasteiger partial charge on any atom is -0.392 e. The third kappa shape index (κ3) is 2.97. The summed E-state index contributed by atoms with van der Waals surface area (Å²) in [5.41, 5.74) is 3.54. The third-order valence-electron chi connectivity index (χ3n) is 8.38. The van der Waals surface area contributed by atoms with Crippen molar-refractivity contribution in [3.8, 4) is 0 Å². The predicted octanol–water partition coefficient (Wildman–Crippen LogP) is 5.01. The van der Waals surface area contributed by atoms with Crippen LogP contribution >= 0.6 is 0 Å². The molecule has 3 heteroatoms. The van der Waals surface area contributed by atoms with Crippen molar-refractivity contribution < 1.29 is 14.6 Å². The van der Waals surface area contributed by atoms with Crippen molar-refractivity contribution in [3.63, 3.8) is 0 Å². The first kappa shape index (κ1) is 20.1. The Balaban J connectivity index is 1.70. The summed E-state index contributed by atoms with van der Waals surface area (Å²) in [7, 11) is 0. The standard InChI is InChI=1S/C25H36O3/c1-15(2)10-19-11-17(4)25(28-19)9-8-24(5)13-20-18(14-26)12-21(27)23(20)16(3)6-7-22(24)25/h6,10,12,17,19-20,22-23,26H,7-9,11,13-14H2,1-5H3/b16-6-/t17-,19-,20+,22+,23-,24+,25-/m0/s1. The van der Waals surface area contributed by atoms with Crippen LogP contribution < -0.4 is 0 Å². The third-order valence-corrected chi connectivity index (χ3v) is 8.38. The summed E-state index contributed by atoms with van der Waals surface area (Å²) in [6.45, 7) is 11.2. The first-order valence-corrected chi connectivity index (χ1v) is 11.0. The molecule has 0 aromatic rings. The number of aliphatic hydroxyl groups is 1. The van der Waals surface area contributed by atoms with E-state index in [1.54, 1.807) is 6.08 Å². The molecular weight excluding hydrogens is 348 g/mol. The van der Waals surface area contributed by atoms with Gasteiger partial charge in [0.1, 0.15) is 0 Å². The molecule has 1 saturated carbocycles. The highest BCUT2D eigenvalue weighted by Crippen LogP contribution is 2.63. The summed E-state index contributed by atoms with van der Waals surface area (Å²) in [4.78, 5) is 12.6. The average molecular weight is 385 g/mol. The Labute approximate surface area is 169 Å². The lowest BCUT2D eigenvalue weighted by Gasteiger charge is -2.44. The lowest BCUT2D eigenvalue weighted by molar-refractivity contribution is -0.118. The molecule has 0 aromatic heterocycles. The highest BCUT2D eigenvalue weighted by molar-refractivity contribution is 5.97. The van der Waals surface area contributed by atoms with E-state index < -0.39 is 0 Å². The molecule has 0 bridgehead atoms. The lowest BCUT2D eigenvalue weighted by atomic mass is 9.62. The molecule has 0 amide bonds. The fourth-order valence-electron chi connectivity index (χ4n) is 7.02. The van der Waals surface area contributed by atoms with Gasteiger partial charge in [-0.2, -0.15) is 0 Å². The summed E-state index contributed by atoms with van der Waals surface area (Å²) in [5, 5.41) is 9.89. The summed E-state index contributed by atoms with van der Waals surface area (Å²) < 4.78 is 6.85. The van der Waals surface area contributed by atoms with E-state index >= 15 is 0 Å². The highest BCUT2D eigenvalue weighted by atomic mass is 16.5. The van der Waals surface area contributed by atoms with Crippen LogP contribution in [0.5, 0.6) is 0 Å². The number of hydrogen-bond donors (Lipinski definition) is 1. The minimum absolute atomic E-state index is 0.00161. The minimum atomic E-state index is -0.0585. The quantitative estimate of drug-likeness (QED) is 0.681. The van der Waals surface area contributed by atoms with Crippen molar-refractivity contribution in [2.75, 3.05) is 6.61 Å². The van der Waals surface area contributed by atoms with Gasteiger partial charge in [-0.05, 0) is 87.7 Å². The number of fused-ring (bicyclic) bond motifs is 3. The van der Waals surface area contributed by atoms with Crippen LogP contribution in [-0.4, -0.2) is 29.2 Å². The summed E-state index contributed by atoms with van der Waals surface area (Å²) in [5.74, 6) is 1.30. The second-order valence-corrected chi connectivity index (χ2v) is 10.5. The number of rotatable bonds is 2. The van der Waals surface area contributed by atoms with Crippen LogP contribution in [0.3, 0.4) is 0 Å². The molecule has 3 nitrogen and oxygen atoms in total. The molecule has 4 rings (SSSR count). The fraction of sp³-hybridized carbons (Fsp3) is 0.720.